The summed E-state index contributed by atoms with van der Waals surface area (Å²) in [5, 5.41) is 20.4. The predicted octanol–water partition coefficient (Wildman–Crippen LogP) is 1.15. The SMILES string of the molecule is O=C(O)C(CO)=NOC/C=C/c1ccccc1. The Morgan fingerprint density at radius 2 is 2.06 bits per heavy atom. The first-order valence-corrected chi connectivity index (χ1v) is 4.98. The van der Waals surface area contributed by atoms with E-state index in [4.69, 9.17) is 15.1 Å². The number of hydrogen-bond donors (Lipinski definition) is 2. The molecule has 0 amide bonds. The first-order valence-electron chi connectivity index (χ1n) is 4.98. The van der Waals surface area contributed by atoms with Crippen LogP contribution in [0.15, 0.2) is 41.6 Å². The minimum absolute atomic E-state index is 0.145. The molecule has 1 aromatic rings. The molecule has 2 N–H and O–H groups in total. The molecule has 0 fully saturated rings. The third-order valence-corrected chi connectivity index (χ3v) is 1.85. The zero-order chi connectivity index (χ0) is 12.5. The van der Waals surface area contributed by atoms with Gasteiger partial charge in [0.2, 0.25) is 0 Å². The number of aliphatic hydroxyl groups excluding tert-OH is 1. The molecule has 0 saturated carbocycles. The predicted molar refractivity (Wildman–Crippen MR) is 63.6 cm³/mol. The van der Waals surface area contributed by atoms with Crippen molar-refractivity contribution in [1.29, 1.82) is 0 Å². The topological polar surface area (TPSA) is 79.1 Å². The third kappa shape index (κ3) is 4.94. The van der Waals surface area contributed by atoms with Crippen molar-refractivity contribution in [2.24, 2.45) is 5.16 Å². The van der Waals surface area contributed by atoms with Crippen LogP contribution in [0.3, 0.4) is 0 Å². The van der Waals surface area contributed by atoms with Gasteiger partial charge in [0, 0.05) is 0 Å². The molecule has 0 spiro atoms. The lowest BCUT2D eigenvalue weighted by Crippen LogP contribution is -2.17. The molecule has 1 rings (SSSR count). The number of aliphatic carboxylic acids is 1. The maximum absolute atomic E-state index is 10.4. The summed E-state index contributed by atoms with van der Waals surface area (Å²) in [6.45, 7) is -0.511. The molecule has 5 heteroatoms. The van der Waals surface area contributed by atoms with Crippen molar-refractivity contribution >= 4 is 17.8 Å². The Morgan fingerprint density at radius 1 is 1.35 bits per heavy atom. The summed E-state index contributed by atoms with van der Waals surface area (Å²) in [5.41, 5.74) is 0.596. The maximum atomic E-state index is 10.4. The Hall–Kier alpha value is -2.14. The van der Waals surface area contributed by atoms with Crippen molar-refractivity contribution in [3.63, 3.8) is 0 Å². The fraction of sp³-hybridized carbons (Fsp3) is 0.167. The maximum Gasteiger partial charge on any atom is 0.356 e. The molecule has 0 aromatic heterocycles. The van der Waals surface area contributed by atoms with Crippen molar-refractivity contribution < 1.29 is 19.8 Å². The molecule has 0 saturated heterocycles. The lowest BCUT2D eigenvalue weighted by atomic mass is 10.2. The second kappa shape index (κ2) is 7.19. The molecule has 0 aliphatic rings. The zero-order valence-corrected chi connectivity index (χ0v) is 9.11. The van der Waals surface area contributed by atoms with E-state index in [1.807, 2.05) is 36.4 Å². The van der Waals surface area contributed by atoms with Crippen molar-refractivity contribution in [1.82, 2.24) is 0 Å². The Bertz CT molecular complexity index is 412. The van der Waals surface area contributed by atoms with Gasteiger partial charge in [-0.15, -0.1) is 0 Å². The molecule has 0 heterocycles. The third-order valence-electron chi connectivity index (χ3n) is 1.85. The van der Waals surface area contributed by atoms with E-state index in [1.165, 1.54) is 0 Å². The summed E-state index contributed by atoms with van der Waals surface area (Å²) in [6.07, 6.45) is 3.53. The first-order chi connectivity index (χ1) is 8.24. The molecular weight excluding hydrogens is 222 g/mol. The van der Waals surface area contributed by atoms with E-state index in [0.29, 0.717) is 0 Å². The van der Waals surface area contributed by atoms with Crippen LogP contribution in [0.25, 0.3) is 6.08 Å². The van der Waals surface area contributed by atoms with Gasteiger partial charge in [0.15, 0.2) is 5.71 Å². The smallest absolute Gasteiger partial charge is 0.356 e. The Balaban J connectivity index is 2.38. The minimum Gasteiger partial charge on any atom is -0.477 e. The highest BCUT2D eigenvalue weighted by Gasteiger charge is 2.07. The molecule has 0 aliphatic heterocycles. The zero-order valence-electron chi connectivity index (χ0n) is 9.11. The van der Waals surface area contributed by atoms with Crippen LogP contribution in [0.4, 0.5) is 0 Å². The lowest BCUT2D eigenvalue weighted by molar-refractivity contribution is -0.129. The highest BCUT2D eigenvalue weighted by molar-refractivity contribution is 6.35. The summed E-state index contributed by atoms with van der Waals surface area (Å²) < 4.78 is 0. The van der Waals surface area contributed by atoms with E-state index < -0.39 is 18.3 Å². The summed E-state index contributed by atoms with van der Waals surface area (Å²) in [4.78, 5) is 15.2. The Kier molecular flexibility index (Phi) is 5.46. The van der Waals surface area contributed by atoms with Gasteiger partial charge in [-0.3, -0.25) is 0 Å². The highest BCUT2D eigenvalue weighted by atomic mass is 16.6. The molecule has 17 heavy (non-hydrogen) atoms. The molecule has 0 radical (unpaired) electrons. The number of carboxylic acids is 1. The van der Waals surface area contributed by atoms with Crippen molar-refractivity contribution in [3.8, 4) is 0 Å². The van der Waals surface area contributed by atoms with Gasteiger partial charge in [0.25, 0.3) is 0 Å². The van der Waals surface area contributed by atoms with Crippen LogP contribution in [-0.2, 0) is 9.63 Å². The second-order valence-electron chi connectivity index (χ2n) is 3.11. The number of nitrogens with zero attached hydrogens (tertiary/aromatic N) is 1. The van der Waals surface area contributed by atoms with E-state index in [2.05, 4.69) is 5.16 Å². The van der Waals surface area contributed by atoms with Crippen LogP contribution in [0.1, 0.15) is 5.56 Å². The van der Waals surface area contributed by atoms with Gasteiger partial charge < -0.3 is 15.1 Å². The summed E-state index contributed by atoms with van der Waals surface area (Å²) in [5.74, 6) is -1.29. The van der Waals surface area contributed by atoms with E-state index in [-0.39, 0.29) is 6.61 Å². The van der Waals surface area contributed by atoms with Crippen molar-refractivity contribution in [2.75, 3.05) is 13.2 Å². The largest absolute Gasteiger partial charge is 0.477 e. The van der Waals surface area contributed by atoms with Crippen LogP contribution in [0, 0.1) is 0 Å². The molecule has 0 bridgehead atoms. The van der Waals surface area contributed by atoms with Crippen LogP contribution in [0.2, 0.25) is 0 Å². The van der Waals surface area contributed by atoms with Gasteiger partial charge in [-0.05, 0) is 11.6 Å². The number of rotatable bonds is 6. The minimum atomic E-state index is -1.29. The lowest BCUT2D eigenvalue weighted by Gasteiger charge is -1.97. The van der Waals surface area contributed by atoms with Gasteiger partial charge in [0.1, 0.15) is 6.61 Å². The van der Waals surface area contributed by atoms with E-state index >= 15 is 0 Å². The van der Waals surface area contributed by atoms with E-state index in [9.17, 15) is 4.79 Å². The van der Waals surface area contributed by atoms with Gasteiger partial charge in [-0.1, -0.05) is 41.6 Å². The Morgan fingerprint density at radius 3 is 2.65 bits per heavy atom. The molecule has 5 nitrogen and oxygen atoms in total. The average molecular weight is 235 g/mol. The molecule has 1 aromatic carbocycles. The van der Waals surface area contributed by atoms with E-state index in [1.54, 1.807) is 6.08 Å². The fourth-order valence-electron chi connectivity index (χ4n) is 1.04. The normalized spacial score (nSPS) is 11.7. The highest BCUT2D eigenvalue weighted by Crippen LogP contribution is 2.00. The Labute approximate surface area is 98.6 Å². The summed E-state index contributed by atoms with van der Waals surface area (Å²) in [7, 11) is 0. The summed E-state index contributed by atoms with van der Waals surface area (Å²) >= 11 is 0. The van der Waals surface area contributed by atoms with E-state index in [0.717, 1.165) is 5.56 Å². The molecule has 90 valence electrons. The molecule has 0 atom stereocenters. The van der Waals surface area contributed by atoms with Gasteiger partial charge in [0.05, 0.1) is 6.61 Å². The number of hydrogen-bond acceptors (Lipinski definition) is 4. The average Bonchev–Trinajstić information content (AvgIpc) is 2.34. The van der Waals surface area contributed by atoms with Gasteiger partial charge >= 0.3 is 5.97 Å². The standard InChI is InChI=1S/C12H13NO4/c14-9-11(12(15)16)13-17-8-4-7-10-5-2-1-3-6-10/h1-7,14H,8-9H2,(H,15,16)/b7-4+,13-11?. The van der Waals surface area contributed by atoms with Crippen LogP contribution in [0.5, 0.6) is 0 Å². The molecular formula is C12H13NO4. The number of carbonyl (C=O) groups is 1. The molecule has 0 unspecified atom stereocenters. The number of benzene rings is 1. The molecule has 0 aliphatic carbocycles. The van der Waals surface area contributed by atoms with Crippen LogP contribution in [-0.4, -0.2) is 35.1 Å². The van der Waals surface area contributed by atoms with Gasteiger partial charge in [-0.25, -0.2) is 4.79 Å². The number of oxime groups is 1. The van der Waals surface area contributed by atoms with Gasteiger partial charge in [-0.2, -0.15) is 0 Å². The van der Waals surface area contributed by atoms with Crippen molar-refractivity contribution in [3.05, 3.63) is 42.0 Å². The first kappa shape index (κ1) is 12.9. The number of aliphatic hydroxyl groups is 1. The van der Waals surface area contributed by atoms with Crippen molar-refractivity contribution in [2.45, 2.75) is 0 Å². The number of carboxylic acid groups (broad SMARTS) is 1. The monoisotopic (exact) mass is 235 g/mol. The van der Waals surface area contributed by atoms with Crippen LogP contribution >= 0.6 is 0 Å². The fourth-order valence-corrected chi connectivity index (χ4v) is 1.04. The summed E-state index contributed by atoms with van der Waals surface area (Å²) in [6, 6.07) is 9.59. The van der Waals surface area contributed by atoms with Crippen LogP contribution < -0.4 is 0 Å². The second-order valence-corrected chi connectivity index (χ2v) is 3.11. The quantitative estimate of drug-likeness (QED) is 0.440.